The fourth-order valence-electron chi connectivity index (χ4n) is 1.39. The lowest BCUT2D eigenvalue weighted by Crippen LogP contribution is -1.96. The van der Waals surface area contributed by atoms with Crippen LogP contribution < -0.4 is 4.74 Å². The van der Waals surface area contributed by atoms with Gasteiger partial charge in [-0.3, -0.25) is 0 Å². The van der Waals surface area contributed by atoms with Crippen LogP contribution in [0, 0.1) is 0 Å². The van der Waals surface area contributed by atoms with Crippen molar-refractivity contribution in [2.24, 2.45) is 0 Å². The smallest absolute Gasteiger partial charge is 0.134 e. The van der Waals surface area contributed by atoms with Crippen molar-refractivity contribution in [2.45, 2.75) is 6.61 Å². The van der Waals surface area contributed by atoms with Gasteiger partial charge in [0.05, 0.1) is 4.47 Å². The van der Waals surface area contributed by atoms with Crippen LogP contribution in [0.25, 0.3) is 0 Å². The predicted octanol–water partition coefficient (Wildman–Crippen LogP) is 6.21. The summed E-state index contributed by atoms with van der Waals surface area (Å²) in [4.78, 5) is 0. The molecule has 0 aromatic heterocycles. The van der Waals surface area contributed by atoms with Gasteiger partial charge in [0.25, 0.3) is 0 Å². The largest absolute Gasteiger partial charge is 0.488 e. The zero-order valence-electron chi connectivity index (χ0n) is 9.09. The molecule has 94 valence electrons. The van der Waals surface area contributed by atoms with E-state index in [1.807, 2.05) is 36.4 Å². The maximum atomic E-state index is 6.13. The van der Waals surface area contributed by atoms with Gasteiger partial charge >= 0.3 is 0 Å². The highest BCUT2D eigenvalue weighted by molar-refractivity contribution is 9.11. The number of hydrogen-bond donors (Lipinski definition) is 0. The highest BCUT2D eigenvalue weighted by atomic mass is 79.9. The molecule has 0 heterocycles. The highest BCUT2D eigenvalue weighted by Crippen LogP contribution is 2.30. The Bertz CT molecular complexity index is 521. The van der Waals surface area contributed by atoms with Gasteiger partial charge < -0.3 is 4.74 Å². The average Bonchev–Trinajstić information content (AvgIpc) is 2.30. The van der Waals surface area contributed by atoms with Crippen molar-refractivity contribution in [1.82, 2.24) is 0 Å². The molecule has 0 spiro atoms. The minimum absolute atomic E-state index is 0.437. The van der Waals surface area contributed by atoms with Crippen molar-refractivity contribution in [3.63, 3.8) is 0 Å². The predicted molar refractivity (Wildman–Crippen MR) is 85.3 cm³/mol. The number of ether oxygens (including phenoxy) is 1. The minimum Gasteiger partial charge on any atom is -0.488 e. The molecular formula is C13H8Br3ClO. The molecule has 0 aliphatic heterocycles. The molecule has 0 N–H and O–H groups in total. The van der Waals surface area contributed by atoms with Gasteiger partial charge in [-0.1, -0.05) is 49.5 Å². The topological polar surface area (TPSA) is 9.23 Å². The summed E-state index contributed by atoms with van der Waals surface area (Å²) >= 11 is 16.4. The average molecular weight is 455 g/mol. The molecule has 0 atom stereocenters. The third kappa shape index (κ3) is 3.73. The van der Waals surface area contributed by atoms with E-state index in [0.717, 1.165) is 24.7 Å². The zero-order chi connectivity index (χ0) is 13.1. The van der Waals surface area contributed by atoms with Crippen molar-refractivity contribution >= 4 is 59.4 Å². The Kier molecular flexibility index (Phi) is 5.13. The molecule has 0 unspecified atom stereocenters. The molecule has 0 aliphatic carbocycles. The van der Waals surface area contributed by atoms with Crippen molar-refractivity contribution in [1.29, 1.82) is 0 Å². The van der Waals surface area contributed by atoms with Gasteiger partial charge in [-0.05, 0) is 46.3 Å². The quantitative estimate of drug-likeness (QED) is 0.535. The van der Waals surface area contributed by atoms with Crippen LogP contribution in [0.15, 0.2) is 49.8 Å². The van der Waals surface area contributed by atoms with Crippen LogP contribution in [0.2, 0.25) is 5.02 Å². The Morgan fingerprint density at radius 2 is 1.61 bits per heavy atom. The zero-order valence-corrected chi connectivity index (χ0v) is 14.6. The summed E-state index contributed by atoms with van der Waals surface area (Å²) in [5.74, 6) is 0.789. The minimum atomic E-state index is 0.437. The van der Waals surface area contributed by atoms with Crippen molar-refractivity contribution in [3.05, 3.63) is 60.4 Å². The summed E-state index contributed by atoms with van der Waals surface area (Å²) in [6, 6.07) is 11.5. The Morgan fingerprint density at radius 3 is 2.28 bits per heavy atom. The van der Waals surface area contributed by atoms with Gasteiger partial charge in [0, 0.05) is 19.5 Å². The van der Waals surface area contributed by atoms with Crippen LogP contribution in [-0.2, 0) is 6.61 Å². The Labute approximate surface area is 136 Å². The number of hydrogen-bond acceptors (Lipinski definition) is 1. The molecule has 18 heavy (non-hydrogen) atoms. The van der Waals surface area contributed by atoms with Crippen molar-refractivity contribution < 1.29 is 4.74 Å². The molecule has 1 nitrogen and oxygen atoms in total. The van der Waals surface area contributed by atoms with Crippen molar-refractivity contribution in [3.8, 4) is 5.75 Å². The van der Waals surface area contributed by atoms with Gasteiger partial charge in [-0.2, -0.15) is 0 Å². The Hall–Kier alpha value is -0.0300. The maximum Gasteiger partial charge on any atom is 0.134 e. The highest BCUT2D eigenvalue weighted by Gasteiger charge is 2.05. The normalized spacial score (nSPS) is 10.4. The van der Waals surface area contributed by atoms with Crippen LogP contribution in [0.3, 0.4) is 0 Å². The molecule has 0 fully saturated rings. The number of rotatable bonds is 3. The molecule has 0 saturated carbocycles. The Balaban J connectivity index is 2.11. The van der Waals surface area contributed by atoms with E-state index in [-0.39, 0.29) is 0 Å². The van der Waals surface area contributed by atoms with E-state index in [0.29, 0.717) is 11.6 Å². The van der Waals surface area contributed by atoms with Crippen LogP contribution in [0.1, 0.15) is 5.56 Å². The van der Waals surface area contributed by atoms with Crippen molar-refractivity contribution in [2.75, 3.05) is 0 Å². The molecular weight excluding hydrogens is 447 g/mol. The fraction of sp³-hybridized carbons (Fsp3) is 0.0769. The van der Waals surface area contributed by atoms with Gasteiger partial charge in [0.2, 0.25) is 0 Å². The van der Waals surface area contributed by atoms with Crippen LogP contribution in [0.5, 0.6) is 5.75 Å². The van der Waals surface area contributed by atoms with Crippen LogP contribution in [0.4, 0.5) is 0 Å². The molecule has 0 saturated heterocycles. The molecule has 5 heteroatoms. The first-order valence-corrected chi connectivity index (χ1v) is 7.84. The second-order valence-corrected chi connectivity index (χ2v) is 6.69. The summed E-state index contributed by atoms with van der Waals surface area (Å²) in [7, 11) is 0. The lowest BCUT2D eigenvalue weighted by atomic mass is 10.2. The van der Waals surface area contributed by atoms with E-state index in [2.05, 4.69) is 47.8 Å². The molecule has 0 amide bonds. The third-order valence-electron chi connectivity index (χ3n) is 2.29. The SMILES string of the molecule is Clc1cc(Br)ccc1COc1ccc(Br)cc1Br. The summed E-state index contributed by atoms with van der Waals surface area (Å²) in [5.41, 5.74) is 0.953. The second-order valence-electron chi connectivity index (χ2n) is 3.60. The van der Waals surface area contributed by atoms with Crippen LogP contribution >= 0.6 is 59.4 Å². The lowest BCUT2D eigenvalue weighted by molar-refractivity contribution is 0.304. The standard InChI is InChI=1S/C13H8Br3ClO/c14-9-3-4-13(11(16)5-9)18-7-8-1-2-10(15)6-12(8)17/h1-6H,7H2. The Morgan fingerprint density at radius 1 is 0.944 bits per heavy atom. The summed E-state index contributed by atoms with van der Waals surface area (Å²) in [6.45, 7) is 0.437. The van der Waals surface area contributed by atoms with E-state index in [1.165, 1.54) is 0 Å². The fourth-order valence-corrected chi connectivity index (χ4v) is 3.28. The lowest BCUT2D eigenvalue weighted by Gasteiger charge is -2.10. The van der Waals surface area contributed by atoms with Gasteiger partial charge in [-0.25, -0.2) is 0 Å². The summed E-state index contributed by atoms with van der Waals surface area (Å²) in [6.07, 6.45) is 0. The maximum absolute atomic E-state index is 6.13. The van der Waals surface area contributed by atoms with E-state index in [9.17, 15) is 0 Å². The summed E-state index contributed by atoms with van der Waals surface area (Å²) in [5, 5.41) is 0.692. The van der Waals surface area contributed by atoms with E-state index in [1.54, 1.807) is 0 Å². The van der Waals surface area contributed by atoms with E-state index >= 15 is 0 Å². The van der Waals surface area contributed by atoms with Gasteiger partial charge in [0.15, 0.2) is 0 Å². The summed E-state index contributed by atoms with van der Waals surface area (Å²) < 4.78 is 8.60. The molecule has 0 bridgehead atoms. The third-order valence-corrected chi connectivity index (χ3v) is 4.25. The van der Waals surface area contributed by atoms with Gasteiger partial charge in [-0.15, -0.1) is 0 Å². The number of benzene rings is 2. The molecule has 2 aromatic carbocycles. The monoisotopic (exact) mass is 452 g/mol. The van der Waals surface area contributed by atoms with Crippen LogP contribution in [-0.4, -0.2) is 0 Å². The second kappa shape index (κ2) is 6.42. The first-order valence-electron chi connectivity index (χ1n) is 5.08. The molecule has 0 radical (unpaired) electrons. The van der Waals surface area contributed by atoms with Gasteiger partial charge in [0.1, 0.15) is 12.4 Å². The first-order chi connectivity index (χ1) is 8.56. The molecule has 2 aromatic rings. The first kappa shape index (κ1) is 14.4. The number of halogens is 4. The van der Waals surface area contributed by atoms with E-state index in [4.69, 9.17) is 16.3 Å². The molecule has 2 rings (SSSR count). The van der Waals surface area contributed by atoms with E-state index < -0.39 is 0 Å². The molecule has 0 aliphatic rings.